The molecule has 0 spiro atoms. The number of benzene rings is 1. The van der Waals surface area contributed by atoms with Crippen LogP contribution >= 0.6 is 11.8 Å². The fraction of sp³-hybridized carbons (Fsp3) is 0.111. The number of aromatic carboxylic acids is 1. The molecule has 0 atom stereocenters. The first kappa shape index (κ1) is 10.6. The molecule has 1 amide bonds. The first-order chi connectivity index (χ1) is 6.63. The lowest BCUT2D eigenvalue weighted by atomic mass is 10.2. The Hall–Kier alpha value is -1.49. The molecule has 0 radical (unpaired) electrons. The molecule has 1 aromatic rings. The molecular weight excluding hydrogens is 202 g/mol. The monoisotopic (exact) mass is 211 g/mol. The lowest BCUT2D eigenvalue weighted by Gasteiger charge is -1.99. The Morgan fingerprint density at radius 3 is 2.29 bits per heavy atom. The number of nitrogens with one attached hydrogen (secondary N) is 1. The van der Waals surface area contributed by atoms with E-state index in [1.165, 1.54) is 12.1 Å². The van der Waals surface area contributed by atoms with Gasteiger partial charge in [-0.1, -0.05) is 0 Å². The number of amides is 1. The average Bonchev–Trinajstić information content (AvgIpc) is 2.18. The zero-order chi connectivity index (χ0) is 10.6. The maximum absolute atomic E-state index is 10.9. The molecule has 74 valence electrons. The summed E-state index contributed by atoms with van der Waals surface area (Å²) < 4.78 is 0. The van der Waals surface area contributed by atoms with Crippen molar-refractivity contribution in [2.45, 2.75) is 4.90 Å². The Morgan fingerprint density at radius 1 is 1.29 bits per heavy atom. The standard InChI is InChI=1S/C9H9NO3S/c1-10-9(13)14-7-4-2-6(3-5-7)8(11)12/h2-5H,1H3,(H,10,13)(H,11,12). The lowest BCUT2D eigenvalue weighted by molar-refractivity contribution is 0.0697. The van der Waals surface area contributed by atoms with E-state index in [2.05, 4.69) is 5.32 Å². The Morgan fingerprint density at radius 2 is 1.86 bits per heavy atom. The van der Waals surface area contributed by atoms with E-state index in [1.54, 1.807) is 19.2 Å². The van der Waals surface area contributed by atoms with Gasteiger partial charge in [0.25, 0.3) is 5.24 Å². The summed E-state index contributed by atoms with van der Waals surface area (Å²) in [4.78, 5) is 22.2. The molecule has 0 bridgehead atoms. The van der Waals surface area contributed by atoms with Crippen LogP contribution in [0.2, 0.25) is 0 Å². The van der Waals surface area contributed by atoms with Gasteiger partial charge < -0.3 is 10.4 Å². The third-order valence-corrected chi connectivity index (χ3v) is 2.41. The number of rotatable bonds is 2. The summed E-state index contributed by atoms with van der Waals surface area (Å²) in [6.45, 7) is 0. The number of carboxylic acids is 1. The molecule has 2 N–H and O–H groups in total. The van der Waals surface area contributed by atoms with Gasteiger partial charge in [0.2, 0.25) is 0 Å². The van der Waals surface area contributed by atoms with Gasteiger partial charge in [-0.15, -0.1) is 0 Å². The van der Waals surface area contributed by atoms with Crippen molar-refractivity contribution in [2.75, 3.05) is 7.05 Å². The summed E-state index contributed by atoms with van der Waals surface area (Å²) in [5, 5.41) is 10.9. The van der Waals surface area contributed by atoms with Crippen molar-refractivity contribution in [3.8, 4) is 0 Å². The third-order valence-electron chi connectivity index (χ3n) is 1.52. The van der Waals surface area contributed by atoms with Crippen molar-refractivity contribution in [1.82, 2.24) is 5.32 Å². The third kappa shape index (κ3) is 2.77. The zero-order valence-electron chi connectivity index (χ0n) is 7.48. The molecule has 1 aromatic carbocycles. The minimum atomic E-state index is -0.971. The van der Waals surface area contributed by atoms with Crippen molar-refractivity contribution in [2.24, 2.45) is 0 Å². The molecule has 0 unspecified atom stereocenters. The molecule has 0 aromatic heterocycles. The first-order valence-electron chi connectivity index (χ1n) is 3.86. The van der Waals surface area contributed by atoms with Gasteiger partial charge in [0.15, 0.2) is 0 Å². The van der Waals surface area contributed by atoms with Crippen LogP contribution in [0.15, 0.2) is 29.2 Å². The van der Waals surface area contributed by atoms with Crippen molar-refractivity contribution >= 4 is 23.0 Å². The van der Waals surface area contributed by atoms with Gasteiger partial charge in [-0.3, -0.25) is 4.79 Å². The van der Waals surface area contributed by atoms with Crippen LogP contribution in [0.25, 0.3) is 0 Å². The van der Waals surface area contributed by atoms with E-state index < -0.39 is 5.97 Å². The van der Waals surface area contributed by atoms with Crippen LogP contribution in [0.1, 0.15) is 10.4 Å². The fourth-order valence-corrected chi connectivity index (χ4v) is 1.41. The van der Waals surface area contributed by atoms with Gasteiger partial charge in [0.1, 0.15) is 0 Å². The highest BCUT2D eigenvalue weighted by Crippen LogP contribution is 2.18. The van der Waals surface area contributed by atoms with Crippen molar-refractivity contribution < 1.29 is 14.7 Å². The second-order valence-corrected chi connectivity index (χ2v) is 3.52. The van der Waals surface area contributed by atoms with Crippen LogP contribution in [-0.2, 0) is 0 Å². The van der Waals surface area contributed by atoms with Gasteiger partial charge in [-0.2, -0.15) is 0 Å². The largest absolute Gasteiger partial charge is 0.478 e. The predicted molar refractivity (Wildman–Crippen MR) is 53.7 cm³/mol. The number of carbonyl (C=O) groups is 2. The van der Waals surface area contributed by atoms with Crippen LogP contribution in [0.5, 0.6) is 0 Å². The highest BCUT2D eigenvalue weighted by atomic mass is 32.2. The first-order valence-corrected chi connectivity index (χ1v) is 4.68. The van der Waals surface area contributed by atoms with Crippen molar-refractivity contribution in [1.29, 1.82) is 0 Å². The van der Waals surface area contributed by atoms with Crippen molar-refractivity contribution in [3.63, 3.8) is 0 Å². The SMILES string of the molecule is CNC(=O)Sc1ccc(C(=O)O)cc1. The highest BCUT2D eigenvalue weighted by molar-refractivity contribution is 8.13. The number of hydrogen-bond donors (Lipinski definition) is 2. The van der Waals surface area contributed by atoms with Crippen LogP contribution in [0.4, 0.5) is 4.79 Å². The molecule has 4 nitrogen and oxygen atoms in total. The molecule has 0 saturated carbocycles. The summed E-state index contributed by atoms with van der Waals surface area (Å²) in [6.07, 6.45) is 0. The molecule has 0 aliphatic rings. The van der Waals surface area contributed by atoms with E-state index in [9.17, 15) is 9.59 Å². The molecule has 14 heavy (non-hydrogen) atoms. The van der Waals surface area contributed by atoms with Crippen molar-refractivity contribution in [3.05, 3.63) is 29.8 Å². The van der Waals surface area contributed by atoms with Crippen LogP contribution in [0.3, 0.4) is 0 Å². The predicted octanol–water partition coefficient (Wildman–Crippen LogP) is 1.82. The van der Waals surface area contributed by atoms with Crippen LogP contribution in [0, 0.1) is 0 Å². The van der Waals surface area contributed by atoms with Crippen LogP contribution < -0.4 is 5.32 Å². The average molecular weight is 211 g/mol. The molecule has 5 heteroatoms. The molecule has 0 fully saturated rings. The molecule has 0 aliphatic heterocycles. The molecule has 0 saturated heterocycles. The Kier molecular flexibility index (Phi) is 3.53. The maximum Gasteiger partial charge on any atom is 0.335 e. The minimum Gasteiger partial charge on any atom is -0.478 e. The van der Waals surface area contributed by atoms with Gasteiger partial charge >= 0.3 is 5.97 Å². The lowest BCUT2D eigenvalue weighted by Crippen LogP contribution is -2.10. The Bertz CT molecular complexity index is 348. The minimum absolute atomic E-state index is 0.173. The topological polar surface area (TPSA) is 66.4 Å². The normalized spacial score (nSPS) is 9.50. The molecular formula is C9H9NO3S. The highest BCUT2D eigenvalue weighted by Gasteiger charge is 2.04. The van der Waals surface area contributed by atoms with Gasteiger partial charge in [0.05, 0.1) is 5.56 Å². The maximum atomic E-state index is 10.9. The number of carbonyl (C=O) groups excluding carboxylic acids is 1. The quantitative estimate of drug-likeness (QED) is 0.732. The second kappa shape index (κ2) is 4.66. The zero-order valence-corrected chi connectivity index (χ0v) is 8.30. The summed E-state index contributed by atoms with van der Waals surface area (Å²) in [6, 6.07) is 6.13. The summed E-state index contributed by atoms with van der Waals surface area (Å²) in [5.74, 6) is -0.971. The summed E-state index contributed by atoms with van der Waals surface area (Å²) in [7, 11) is 1.54. The van der Waals surface area contributed by atoms with Gasteiger partial charge in [0, 0.05) is 11.9 Å². The van der Waals surface area contributed by atoms with E-state index in [4.69, 9.17) is 5.11 Å². The van der Waals surface area contributed by atoms with Gasteiger partial charge in [-0.25, -0.2) is 4.79 Å². The number of hydrogen-bond acceptors (Lipinski definition) is 3. The molecule has 1 rings (SSSR count). The molecule has 0 aliphatic carbocycles. The van der Waals surface area contributed by atoms with E-state index in [0.717, 1.165) is 11.8 Å². The second-order valence-electron chi connectivity index (χ2n) is 2.47. The summed E-state index contributed by atoms with van der Waals surface area (Å²) >= 11 is 1.02. The Labute approximate surface area is 85.3 Å². The van der Waals surface area contributed by atoms with E-state index >= 15 is 0 Å². The molecule has 0 heterocycles. The number of carboxylic acid groups (broad SMARTS) is 1. The smallest absolute Gasteiger partial charge is 0.335 e. The van der Waals surface area contributed by atoms with E-state index in [0.29, 0.717) is 4.90 Å². The van der Waals surface area contributed by atoms with E-state index in [1.807, 2.05) is 0 Å². The Balaban J connectivity index is 2.73. The van der Waals surface area contributed by atoms with Crippen LogP contribution in [-0.4, -0.2) is 23.4 Å². The number of thioether (sulfide) groups is 1. The summed E-state index contributed by atoms with van der Waals surface area (Å²) in [5.41, 5.74) is 0.214. The van der Waals surface area contributed by atoms with Gasteiger partial charge in [-0.05, 0) is 36.0 Å². The van der Waals surface area contributed by atoms with E-state index in [-0.39, 0.29) is 10.8 Å². The fourth-order valence-electron chi connectivity index (χ4n) is 0.824.